The molecule has 0 N–H and O–H groups in total. The summed E-state index contributed by atoms with van der Waals surface area (Å²) in [7, 11) is 0. The summed E-state index contributed by atoms with van der Waals surface area (Å²) in [5.41, 5.74) is 0.543. The van der Waals surface area contributed by atoms with Crippen molar-refractivity contribution in [2.24, 2.45) is 0 Å². The van der Waals surface area contributed by atoms with E-state index in [1.807, 2.05) is 13.8 Å². The van der Waals surface area contributed by atoms with Crippen LogP contribution in [0.2, 0.25) is 0 Å². The van der Waals surface area contributed by atoms with Gasteiger partial charge in [-0.05, 0) is 41.4 Å². The van der Waals surface area contributed by atoms with Crippen LogP contribution in [0.3, 0.4) is 0 Å². The third-order valence-corrected chi connectivity index (χ3v) is 2.99. The molecule has 0 spiro atoms. The fourth-order valence-corrected chi connectivity index (χ4v) is 2.12. The Kier molecular flexibility index (Phi) is 3.47. The largest absolute Gasteiger partial charge is 0.458 e. The number of aromatic nitrogens is 2. The van der Waals surface area contributed by atoms with Gasteiger partial charge in [0.15, 0.2) is 5.76 Å². The van der Waals surface area contributed by atoms with Gasteiger partial charge in [-0.2, -0.15) is 5.10 Å². The zero-order valence-electron chi connectivity index (χ0n) is 9.74. The highest BCUT2D eigenvalue weighted by Crippen LogP contribution is 2.21. The molecular formula is C12H13BrN2O2. The van der Waals surface area contributed by atoms with Gasteiger partial charge in [0.2, 0.25) is 5.78 Å². The van der Waals surface area contributed by atoms with Gasteiger partial charge in [-0.1, -0.05) is 6.92 Å². The summed E-state index contributed by atoms with van der Waals surface area (Å²) in [6, 6.07) is 3.47. The van der Waals surface area contributed by atoms with Crippen LogP contribution in [0.15, 0.2) is 27.2 Å². The van der Waals surface area contributed by atoms with Gasteiger partial charge in [-0.3, -0.25) is 9.48 Å². The summed E-state index contributed by atoms with van der Waals surface area (Å²) >= 11 is 3.35. The zero-order chi connectivity index (χ0) is 12.4. The molecule has 0 radical (unpaired) electrons. The van der Waals surface area contributed by atoms with Gasteiger partial charge in [0.05, 0.1) is 10.7 Å². The normalized spacial score (nSPS) is 10.8. The standard InChI is InChI=1S/C12H13BrN2O2/c1-3-6-15-11(9(13)7-14-15)12(16)10-5-4-8(2)17-10/h4-5,7H,3,6H2,1-2H3. The molecule has 0 aliphatic rings. The summed E-state index contributed by atoms with van der Waals surface area (Å²) in [6.07, 6.45) is 2.56. The van der Waals surface area contributed by atoms with E-state index in [9.17, 15) is 4.79 Å². The lowest BCUT2D eigenvalue weighted by atomic mass is 10.2. The Bertz CT molecular complexity index is 542. The first-order chi connectivity index (χ1) is 8.13. The monoisotopic (exact) mass is 296 g/mol. The Morgan fingerprint density at radius 3 is 2.88 bits per heavy atom. The second-order valence-electron chi connectivity index (χ2n) is 3.80. The first-order valence-corrected chi connectivity index (χ1v) is 6.25. The van der Waals surface area contributed by atoms with Crippen molar-refractivity contribution in [2.75, 3.05) is 0 Å². The van der Waals surface area contributed by atoms with E-state index in [0.717, 1.165) is 12.2 Å². The van der Waals surface area contributed by atoms with Crippen molar-refractivity contribution in [3.05, 3.63) is 40.0 Å². The molecule has 0 bridgehead atoms. The van der Waals surface area contributed by atoms with Gasteiger partial charge < -0.3 is 4.42 Å². The molecule has 90 valence electrons. The Balaban J connectivity index is 2.39. The van der Waals surface area contributed by atoms with E-state index in [1.54, 1.807) is 23.0 Å². The highest BCUT2D eigenvalue weighted by Gasteiger charge is 2.21. The number of hydrogen-bond acceptors (Lipinski definition) is 3. The fraction of sp³-hybridized carbons (Fsp3) is 0.333. The number of furan rings is 1. The van der Waals surface area contributed by atoms with Crippen molar-refractivity contribution >= 4 is 21.7 Å². The number of nitrogens with zero attached hydrogens (tertiary/aromatic N) is 2. The second kappa shape index (κ2) is 4.87. The molecule has 0 atom stereocenters. The maximum atomic E-state index is 12.3. The van der Waals surface area contributed by atoms with Crippen LogP contribution in [0.4, 0.5) is 0 Å². The van der Waals surface area contributed by atoms with E-state index in [-0.39, 0.29) is 5.78 Å². The maximum absolute atomic E-state index is 12.3. The van der Waals surface area contributed by atoms with Crippen LogP contribution in [-0.2, 0) is 6.54 Å². The van der Waals surface area contributed by atoms with E-state index in [1.165, 1.54) is 0 Å². The predicted octanol–water partition coefficient (Wildman–Crippen LogP) is 3.19. The van der Waals surface area contributed by atoms with Crippen LogP contribution in [-0.4, -0.2) is 15.6 Å². The van der Waals surface area contributed by atoms with Crippen molar-refractivity contribution in [1.82, 2.24) is 9.78 Å². The molecule has 0 unspecified atom stereocenters. The van der Waals surface area contributed by atoms with Crippen LogP contribution in [0.25, 0.3) is 0 Å². The number of carbonyl (C=O) groups is 1. The molecule has 5 heteroatoms. The summed E-state index contributed by atoms with van der Waals surface area (Å²) in [5.74, 6) is 0.933. The molecular weight excluding hydrogens is 284 g/mol. The number of hydrogen-bond donors (Lipinski definition) is 0. The molecule has 2 heterocycles. The molecule has 0 amide bonds. The lowest BCUT2D eigenvalue weighted by Gasteiger charge is -2.04. The first kappa shape index (κ1) is 12.1. The van der Waals surface area contributed by atoms with Gasteiger partial charge in [-0.25, -0.2) is 0 Å². The molecule has 2 aromatic heterocycles. The summed E-state index contributed by atoms with van der Waals surface area (Å²) in [6.45, 7) is 4.57. The minimum Gasteiger partial charge on any atom is -0.458 e. The fourth-order valence-electron chi connectivity index (χ4n) is 1.64. The van der Waals surface area contributed by atoms with E-state index in [2.05, 4.69) is 21.0 Å². The van der Waals surface area contributed by atoms with Gasteiger partial charge in [0.1, 0.15) is 11.5 Å². The van der Waals surface area contributed by atoms with E-state index in [0.29, 0.717) is 22.5 Å². The van der Waals surface area contributed by atoms with Gasteiger partial charge in [0, 0.05) is 6.54 Å². The molecule has 0 aliphatic carbocycles. The molecule has 4 nitrogen and oxygen atoms in total. The Morgan fingerprint density at radius 2 is 2.29 bits per heavy atom. The van der Waals surface area contributed by atoms with E-state index >= 15 is 0 Å². The van der Waals surface area contributed by atoms with Gasteiger partial charge >= 0.3 is 0 Å². The topological polar surface area (TPSA) is 48.0 Å². The Morgan fingerprint density at radius 1 is 1.53 bits per heavy atom. The molecule has 0 aliphatic heterocycles. The van der Waals surface area contributed by atoms with Crippen molar-refractivity contribution < 1.29 is 9.21 Å². The van der Waals surface area contributed by atoms with E-state index < -0.39 is 0 Å². The second-order valence-corrected chi connectivity index (χ2v) is 4.66. The average molecular weight is 297 g/mol. The lowest BCUT2D eigenvalue weighted by Crippen LogP contribution is -2.11. The lowest BCUT2D eigenvalue weighted by molar-refractivity contribution is 0.0996. The molecule has 0 saturated heterocycles. The number of carbonyl (C=O) groups excluding carboxylic acids is 1. The van der Waals surface area contributed by atoms with Crippen molar-refractivity contribution in [1.29, 1.82) is 0 Å². The Hall–Kier alpha value is -1.36. The van der Waals surface area contributed by atoms with Crippen LogP contribution in [0, 0.1) is 6.92 Å². The SMILES string of the molecule is CCCn1ncc(Br)c1C(=O)c1ccc(C)o1. The molecule has 2 rings (SSSR count). The highest BCUT2D eigenvalue weighted by molar-refractivity contribution is 9.10. The van der Waals surface area contributed by atoms with Gasteiger partial charge in [-0.15, -0.1) is 0 Å². The summed E-state index contributed by atoms with van der Waals surface area (Å²) < 4.78 is 7.74. The zero-order valence-corrected chi connectivity index (χ0v) is 11.3. The van der Waals surface area contributed by atoms with Crippen molar-refractivity contribution in [3.63, 3.8) is 0 Å². The maximum Gasteiger partial charge on any atom is 0.247 e. The third-order valence-electron chi connectivity index (χ3n) is 2.41. The van der Waals surface area contributed by atoms with Gasteiger partial charge in [0.25, 0.3) is 0 Å². The Labute approximate surface area is 108 Å². The molecule has 2 aromatic rings. The summed E-state index contributed by atoms with van der Waals surface area (Å²) in [5, 5.41) is 4.17. The minimum absolute atomic E-state index is 0.143. The number of halogens is 1. The quantitative estimate of drug-likeness (QED) is 0.814. The average Bonchev–Trinajstić information content (AvgIpc) is 2.86. The summed E-state index contributed by atoms with van der Waals surface area (Å²) in [4.78, 5) is 12.3. The van der Waals surface area contributed by atoms with Crippen LogP contribution >= 0.6 is 15.9 Å². The van der Waals surface area contributed by atoms with Crippen molar-refractivity contribution in [2.45, 2.75) is 26.8 Å². The number of aryl methyl sites for hydroxylation is 2. The van der Waals surface area contributed by atoms with E-state index in [4.69, 9.17) is 4.42 Å². The number of rotatable bonds is 4. The first-order valence-electron chi connectivity index (χ1n) is 5.46. The molecule has 17 heavy (non-hydrogen) atoms. The predicted molar refractivity (Wildman–Crippen MR) is 67.1 cm³/mol. The highest BCUT2D eigenvalue weighted by atomic mass is 79.9. The number of ketones is 1. The van der Waals surface area contributed by atoms with Crippen molar-refractivity contribution in [3.8, 4) is 0 Å². The van der Waals surface area contributed by atoms with Crippen LogP contribution < -0.4 is 0 Å². The molecule has 0 aromatic carbocycles. The van der Waals surface area contributed by atoms with Crippen LogP contribution in [0.1, 0.15) is 35.4 Å². The minimum atomic E-state index is -0.143. The molecule has 0 saturated carbocycles. The smallest absolute Gasteiger partial charge is 0.247 e. The van der Waals surface area contributed by atoms with Crippen LogP contribution in [0.5, 0.6) is 0 Å². The molecule has 0 fully saturated rings. The third kappa shape index (κ3) is 2.34.